The predicted octanol–water partition coefficient (Wildman–Crippen LogP) is 5.44. The van der Waals surface area contributed by atoms with Crippen molar-refractivity contribution in [1.82, 2.24) is 4.31 Å². The highest BCUT2D eigenvalue weighted by molar-refractivity contribution is 7.97. The lowest BCUT2D eigenvalue weighted by Crippen LogP contribution is -2.25. The summed E-state index contributed by atoms with van der Waals surface area (Å²) in [4.78, 5) is 22.8. The lowest BCUT2D eigenvalue weighted by molar-refractivity contribution is -0.387. The molecule has 11 heteroatoms. The van der Waals surface area contributed by atoms with Gasteiger partial charge >= 0.3 is 12.2 Å². The average Bonchev–Trinajstić information content (AvgIpc) is 2.55. The Morgan fingerprint density at radius 3 is 2.54 bits per heavy atom. The van der Waals surface area contributed by atoms with E-state index < -0.39 is 27.7 Å². The third-order valence-electron chi connectivity index (χ3n) is 3.11. The Morgan fingerprint density at radius 1 is 1.27 bits per heavy atom. The molecule has 0 saturated carbocycles. The molecule has 0 aliphatic carbocycles. The smallest absolute Gasteiger partial charge is 0.307 e. The number of urea groups is 1. The molecule has 0 bridgehead atoms. The van der Waals surface area contributed by atoms with Crippen molar-refractivity contribution in [2.24, 2.45) is 0 Å². The van der Waals surface area contributed by atoms with Crippen LogP contribution in [0.15, 0.2) is 47.4 Å². The number of halogens is 4. The summed E-state index contributed by atoms with van der Waals surface area (Å²) in [5.74, 6) is 0. The van der Waals surface area contributed by atoms with Gasteiger partial charge in [0.15, 0.2) is 0 Å². The van der Waals surface area contributed by atoms with Crippen molar-refractivity contribution in [1.29, 1.82) is 0 Å². The molecule has 0 atom stereocenters. The molecule has 0 fully saturated rings. The number of para-hydroxylation sites is 1. The number of anilines is 1. The van der Waals surface area contributed by atoms with Gasteiger partial charge in [-0.2, -0.15) is 13.2 Å². The highest BCUT2D eigenvalue weighted by Gasteiger charge is 2.33. The van der Waals surface area contributed by atoms with E-state index in [4.69, 9.17) is 11.6 Å². The molecule has 0 saturated heterocycles. The predicted molar refractivity (Wildman–Crippen MR) is 92.2 cm³/mol. The van der Waals surface area contributed by atoms with Crippen LogP contribution in [0, 0.1) is 10.1 Å². The molecule has 2 amide bonds. The molecule has 26 heavy (non-hydrogen) atoms. The third kappa shape index (κ3) is 4.79. The fraction of sp³-hybridized carbons (Fsp3) is 0.133. The van der Waals surface area contributed by atoms with Crippen LogP contribution in [0.4, 0.5) is 29.3 Å². The third-order valence-corrected chi connectivity index (χ3v) is 4.42. The average molecular weight is 406 g/mol. The van der Waals surface area contributed by atoms with Crippen LogP contribution in [-0.2, 0) is 6.18 Å². The van der Waals surface area contributed by atoms with Gasteiger partial charge in [-0.3, -0.25) is 14.4 Å². The first-order chi connectivity index (χ1) is 12.1. The monoisotopic (exact) mass is 405 g/mol. The van der Waals surface area contributed by atoms with Gasteiger partial charge in [0.1, 0.15) is 4.90 Å². The van der Waals surface area contributed by atoms with E-state index in [2.05, 4.69) is 5.32 Å². The first-order valence-electron chi connectivity index (χ1n) is 6.92. The largest absolute Gasteiger partial charge is 0.417 e. The van der Waals surface area contributed by atoms with E-state index in [1.54, 1.807) is 6.07 Å². The quantitative estimate of drug-likeness (QED) is 0.417. The van der Waals surface area contributed by atoms with Crippen molar-refractivity contribution < 1.29 is 22.9 Å². The van der Waals surface area contributed by atoms with Crippen LogP contribution in [0.2, 0.25) is 5.02 Å². The first kappa shape index (κ1) is 19.9. The second-order valence-electron chi connectivity index (χ2n) is 4.94. The van der Waals surface area contributed by atoms with Crippen molar-refractivity contribution in [3.05, 3.63) is 63.2 Å². The lowest BCUT2D eigenvalue weighted by atomic mass is 10.2. The molecular weight excluding hydrogens is 395 g/mol. The molecule has 0 aromatic heterocycles. The van der Waals surface area contributed by atoms with Crippen LogP contribution in [0.5, 0.6) is 0 Å². The molecule has 2 aromatic rings. The second-order valence-corrected chi connectivity index (χ2v) is 6.51. The molecule has 0 spiro atoms. The molecule has 0 heterocycles. The summed E-state index contributed by atoms with van der Waals surface area (Å²) in [5.41, 5.74) is -1.38. The summed E-state index contributed by atoms with van der Waals surface area (Å²) < 4.78 is 39.6. The highest BCUT2D eigenvalue weighted by atomic mass is 35.5. The van der Waals surface area contributed by atoms with Gasteiger partial charge in [0.2, 0.25) is 0 Å². The Balaban J connectivity index is 2.14. The van der Waals surface area contributed by atoms with Crippen molar-refractivity contribution >= 4 is 41.0 Å². The molecular formula is C15H11ClF3N3O3S. The van der Waals surface area contributed by atoms with E-state index >= 15 is 0 Å². The molecule has 2 aromatic carbocycles. The minimum atomic E-state index is -4.66. The zero-order valence-electron chi connectivity index (χ0n) is 13.1. The summed E-state index contributed by atoms with van der Waals surface area (Å²) in [6, 6.07) is 7.98. The van der Waals surface area contributed by atoms with Gasteiger partial charge in [0.05, 0.1) is 15.5 Å². The van der Waals surface area contributed by atoms with Crippen LogP contribution in [0.25, 0.3) is 0 Å². The van der Waals surface area contributed by atoms with E-state index in [0.29, 0.717) is 6.07 Å². The summed E-state index contributed by atoms with van der Waals surface area (Å²) in [5, 5.41) is 12.8. The molecule has 0 unspecified atom stereocenters. The maximum Gasteiger partial charge on any atom is 0.417 e. The zero-order chi connectivity index (χ0) is 19.5. The topological polar surface area (TPSA) is 75.5 Å². The number of nitro groups is 1. The maximum absolute atomic E-state index is 12.9. The summed E-state index contributed by atoms with van der Waals surface area (Å²) in [7, 11) is 1.33. The summed E-state index contributed by atoms with van der Waals surface area (Å²) >= 11 is 6.29. The molecule has 2 rings (SSSR count). The standard InChI is InChI=1S/C15H11ClF3N3O3S/c1-21(26-13-5-3-2-4-12(13)22(24)25)14(23)20-9-6-7-11(16)10(8-9)15(17,18)19/h2-8H,1H3,(H,20,23). The number of carbonyl (C=O) groups is 1. The fourth-order valence-electron chi connectivity index (χ4n) is 1.90. The van der Waals surface area contributed by atoms with Crippen LogP contribution >= 0.6 is 23.5 Å². The number of carbonyl (C=O) groups excluding carboxylic acids is 1. The molecule has 6 nitrogen and oxygen atoms in total. The number of alkyl halides is 3. The number of nitrogens with zero attached hydrogens (tertiary/aromatic N) is 2. The fourth-order valence-corrected chi connectivity index (χ4v) is 2.92. The molecule has 138 valence electrons. The Labute approximate surface area is 155 Å². The number of hydrogen-bond acceptors (Lipinski definition) is 4. The Kier molecular flexibility index (Phi) is 5.98. The number of nitro benzene ring substituents is 1. The van der Waals surface area contributed by atoms with Crippen molar-refractivity contribution in [2.75, 3.05) is 12.4 Å². The van der Waals surface area contributed by atoms with Crippen LogP contribution in [-0.4, -0.2) is 22.3 Å². The zero-order valence-corrected chi connectivity index (χ0v) is 14.7. The molecule has 0 aliphatic heterocycles. The van der Waals surface area contributed by atoms with Crippen LogP contribution < -0.4 is 5.32 Å². The van der Waals surface area contributed by atoms with E-state index in [1.807, 2.05) is 0 Å². The number of rotatable bonds is 4. The van der Waals surface area contributed by atoms with Gasteiger partial charge in [-0.25, -0.2) is 4.79 Å². The number of amides is 2. The van der Waals surface area contributed by atoms with Gasteiger partial charge < -0.3 is 5.32 Å². The van der Waals surface area contributed by atoms with Gasteiger partial charge in [0, 0.05) is 18.8 Å². The Bertz CT molecular complexity index is 848. The maximum atomic E-state index is 12.9. The van der Waals surface area contributed by atoms with Gasteiger partial charge in [-0.1, -0.05) is 23.7 Å². The van der Waals surface area contributed by atoms with Gasteiger partial charge in [-0.15, -0.1) is 0 Å². The SMILES string of the molecule is CN(Sc1ccccc1[N+](=O)[O-])C(=O)Nc1ccc(Cl)c(C(F)(F)F)c1. The summed E-state index contributed by atoms with van der Waals surface area (Å²) in [6.07, 6.45) is -4.66. The molecule has 1 N–H and O–H groups in total. The normalized spacial score (nSPS) is 11.1. The Hall–Kier alpha value is -2.46. The van der Waals surface area contributed by atoms with Crippen molar-refractivity contribution in [3.8, 4) is 0 Å². The van der Waals surface area contributed by atoms with Crippen molar-refractivity contribution in [3.63, 3.8) is 0 Å². The lowest BCUT2D eigenvalue weighted by Gasteiger charge is -2.17. The van der Waals surface area contributed by atoms with Crippen molar-refractivity contribution in [2.45, 2.75) is 11.1 Å². The number of benzene rings is 2. The van der Waals surface area contributed by atoms with E-state index in [1.165, 1.54) is 31.3 Å². The van der Waals surface area contributed by atoms with Gasteiger partial charge in [0.25, 0.3) is 5.69 Å². The van der Waals surface area contributed by atoms with Crippen LogP contribution in [0.1, 0.15) is 5.56 Å². The molecule has 0 radical (unpaired) electrons. The highest BCUT2D eigenvalue weighted by Crippen LogP contribution is 2.36. The number of nitrogens with one attached hydrogen (secondary N) is 1. The Morgan fingerprint density at radius 2 is 1.92 bits per heavy atom. The molecule has 0 aliphatic rings. The minimum Gasteiger partial charge on any atom is -0.307 e. The number of hydrogen-bond donors (Lipinski definition) is 1. The van der Waals surface area contributed by atoms with Gasteiger partial charge in [-0.05, 0) is 36.2 Å². The first-order valence-corrected chi connectivity index (χ1v) is 8.07. The van der Waals surface area contributed by atoms with E-state index in [-0.39, 0.29) is 16.3 Å². The van der Waals surface area contributed by atoms with E-state index in [9.17, 15) is 28.1 Å². The van der Waals surface area contributed by atoms with E-state index in [0.717, 1.165) is 22.3 Å². The van der Waals surface area contributed by atoms with Crippen LogP contribution in [0.3, 0.4) is 0 Å². The summed E-state index contributed by atoms with van der Waals surface area (Å²) in [6.45, 7) is 0. The second kappa shape index (κ2) is 7.83. The minimum absolute atomic E-state index is 0.110.